The fourth-order valence-electron chi connectivity index (χ4n) is 8.08. The van der Waals surface area contributed by atoms with Crippen molar-refractivity contribution in [3.63, 3.8) is 0 Å². The molecule has 2 saturated heterocycles. The summed E-state index contributed by atoms with van der Waals surface area (Å²) >= 11 is 0. The normalized spacial score (nSPS) is 18.1. The summed E-state index contributed by atoms with van der Waals surface area (Å²) in [6, 6.07) is 15.5. The van der Waals surface area contributed by atoms with Gasteiger partial charge in [-0.3, -0.25) is 14.6 Å². The summed E-state index contributed by atoms with van der Waals surface area (Å²) < 4.78 is 27.6. The smallest absolute Gasteiger partial charge is 0.870 e. The van der Waals surface area contributed by atoms with E-state index in [2.05, 4.69) is 43.4 Å². The predicted octanol–water partition coefficient (Wildman–Crippen LogP) is 5.05. The maximum absolute atomic E-state index is 13.3. The number of hydrogen-bond donors (Lipinski definition) is 1. The third kappa shape index (κ3) is 10.0. The van der Waals surface area contributed by atoms with Crippen molar-refractivity contribution < 1.29 is 61.6 Å². The molecule has 0 aliphatic carbocycles. The second kappa shape index (κ2) is 21.7. The van der Waals surface area contributed by atoms with Gasteiger partial charge in [0.25, 0.3) is 10.0 Å². The summed E-state index contributed by atoms with van der Waals surface area (Å²) in [5.41, 5.74) is 3.20. The number of aromatic amines is 1. The van der Waals surface area contributed by atoms with Crippen LogP contribution in [0.4, 0.5) is 22.7 Å². The van der Waals surface area contributed by atoms with Gasteiger partial charge in [0.05, 0.1) is 41.6 Å². The second-order valence-electron chi connectivity index (χ2n) is 14.9. The molecule has 17 nitrogen and oxygen atoms in total. The van der Waals surface area contributed by atoms with E-state index in [1.54, 1.807) is 40.3 Å². The van der Waals surface area contributed by atoms with E-state index < -0.39 is 10.0 Å². The Morgan fingerprint density at radius 1 is 0.855 bits per heavy atom. The number of likely N-dealkylation sites (tertiary alicyclic amines) is 2. The van der Waals surface area contributed by atoms with E-state index in [1.165, 1.54) is 24.5 Å². The summed E-state index contributed by atoms with van der Waals surface area (Å²) in [5.74, 6) is 0.253. The van der Waals surface area contributed by atoms with Crippen molar-refractivity contribution in [1.29, 1.82) is 10.5 Å². The van der Waals surface area contributed by atoms with Gasteiger partial charge in [-0.05, 0) is 48.9 Å². The molecule has 0 bridgehead atoms. The zero-order valence-corrected chi connectivity index (χ0v) is 37.5. The number of benzene rings is 1. The van der Waals surface area contributed by atoms with Crippen molar-refractivity contribution in [2.45, 2.75) is 63.9 Å². The van der Waals surface area contributed by atoms with Crippen molar-refractivity contribution in [3.8, 4) is 12.1 Å². The molecule has 2 fully saturated rings. The molecule has 2 amide bonds. The Hall–Kier alpha value is -5.99. The van der Waals surface area contributed by atoms with Crippen molar-refractivity contribution in [2.24, 2.45) is 11.8 Å². The van der Waals surface area contributed by atoms with Gasteiger partial charge in [0, 0.05) is 96.5 Å². The predicted molar refractivity (Wildman–Crippen MR) is 244 cm³/mol. The van der Waals surface area contributed by atoms with Crippen LogP contribution in [0.25, 0.3) is 31.8 Å². The molecular weight excluding hydrogens is 820 g/mol. The molecule has 2 aliphatic heterocycles. The van der Waals surface area contributed by atoms with Gasteiger partial charge >= 0.3 is 29.6 Å². The SMILES string of the molecule is C.[C-]#[N+]c1cnc2[nH]ccc2c1N(C)C1CN(C(=O)CC#N)CC[C@H]1C.[C-]#[N+]c1cnc2c(ccn2S(=O)(=O)c2ccccc2)c1N(C)C1CN(C(=O)CC#N)CC[C@H]1C.[HH].[HH].[HH].[HH].[HH].[HH].[Na+].[OH-]. The van der Waals surface area contributed by atoms with Crippen molar-refractivity contribution in [1.82, 2.24) is 28.7 Å². The van der Waals surface area contributed by atoms with E-state index in [9.17, 15) is 18.0 Å². The summed E-state index contributed by atoms with van der Waals surface area (Å²) in [6.45, 7) is 21.7. The van der Waals surface area contributed by atoms with Crippen LogP contribution in [0.15, 0.2) is 72.1 Å². The van der Waals surface area contributed by atoms with Gasteiger partial charge in [0.1, 0.15) is 18.5 Å². The number of rotatable bonds is 8. The molecular formula is C43H61N12NaO5S. The van der Waals surface area contributed by atoms with Crippen LogP contribution >= 0.6 is 0 Å². The van der Waals surface area contributed by atoms with Gasteiger partial charge in [-0.25, -0.2) is 27.1 Å². The Bertz CT molecular complexity index is 2690. The minimum absolute atomic E-state index is 0. The van der Waals surface area contributed by atoms with Gasteiger partial charge in [0.15, 0.2) is 5.65 Å². The number of nitrogens with zero attached hydrogens (tertiary/aromatic N) is 11. The monoisotopic (exact) mass is 880 g/mol. The first-order valence-corrected chi connectivity index (χ1v) is 20.6. The van der Waals surface area contributed by atoms with Crippen molar-refractivity contribution >= 4 is 66.7 Å². The number of hydrogen-bond acceptors (Lipinski definition) is 11. The minimum Gasteiger partial charge on any atom is -0.870 e. The number of pyridine rings is 2. The van der Waals surface area contributed by atoms with Crippen molar-refractivity contribution in [3.05, 3.63) is 90.1 Å². The number of aromatic nitrogens is 4. The van der Waals surface area contributed by atoms with Crippen LogP contribution in [0, 0.1) is 47.6 Å². The summed E-state index contributed by atoms with van der Waals surface area (Å²) in [4.78, 5) is 51.1. The Kier molecular flexibility index (Phi) is 17.6. The Morgan fingerprint density at radius 3 is 1.85 bits per heavy atom. The third-order valence-corrected chi connectivity index (χ3v) is 13.1. The second-order valence-corrected chi connectivity index (χ2v) is 16.7. The Labute approximate surface area is 393 Å². The van der Waals surface area contributed by atoms with Gasteiger partial charge in [-0.15, -0.1) is 0 Å². The number of carbonyl (C=O) groups excluding carboxylic acids is 2. The molecule has 4 atom stereocenters. The van der Waals surface area contributed by atoms with Crippen LogP contribution in [-0.4, -0.2) is 107 Å². The van der Waals surface area contributed by atoms with E-state index in [1.807, 2.05) is 43.4 Å². The molecule has 6 heterocycles. The van der Waals surface area contributed by atoms with E-state index in [0.717, 1.165) is 33.5 Å². The summed E-state index contributed by atoms with van der Waals surface area (Å²) in [5, 5.41) is 19.1. The van der Waals surface area contributed by atoms with E-state index in [4.69, 9.17) is 23.7 Å². The fraction of sp³-hybridized carbons (Fsp3) is 0.395. The molecule has 0 saturated carbocycles. The largest absolute Gasteiger partial charge is 1.00 e. The fourth-order valence-corrected chi connectivity index (χ4v) is 9.40. The topological polar surface area (TPSA) is 214 Å². The van der Waals surface area contributed by atoms with Gasteiger partial charge in [-0.1, -0.05) is 39.5 Å². The maximum atomic E-state index is 13.3. The number of likely N-dealkylation sites (N-methyl/N-ethyl adjacent to an activating group) is 2. The average molecular weight is 881 g/mol. The average Bonchev–Trinajstić information content (AvgIpc) is 3.92. The first-order chi connectivity index (χ1) is 28.4. The molecule has 0 spiro atoms. The van der Waals surface area contributed by atoms with E-state index >= 15 is 0 Å². The molecule has 19 heteroatoms. The number of nitrogens with one attached hydrogen (secondary N) is 1. The van der Waals surface area contributed by atoms with Crippen LogP contribution in [0.3, 0.4) is 0 Å². The molecule has 5 aromatic rings. The molecule has 2 aliphatic rings. The first-order valence-electron chi connectivity index (χ1n) is 19.1. The molecule has 4 aromatic heterocycles. The first kappa shape index (κ1) is 50.4. The molecule has 2 N–H and O–H groups in total. The van der Waals surface area contributed by atoms with Crippen LogP contribution in [0.2, 0.25) is 0 Å². The number of H-pyrrole nitrogens is 1. The van der Waals surface area contributed by atoms with Crippen molar-refractivity contribution in [2.75, 3.05) is 50.1 Å². The van der Waals surface area contributed by atoms with Gasteiger partial charge in [0.2, 0.25) is 23.2 Å². The Balaban J connectivity index is -0.000000549. The maximum Gasteiger partial charge on any atom is 1.00 e. The summed E-state index contributed by atoms with van der Waals surface area (Å²) in [7, 11) is -0.0503. The van der Waals surface area contributed by atoms with E-state index in [-0.39, 0.29) is 104 Å². The quantitative estimate of drug-likeness (QED) is 0.161. The van der Waals surface area contributed by atoms with Gasteiger partial charge in [-0.2, -0.15) is 10.5 Å². The van der Waals surface area contributed by atoms with Crippen LogP contribution in [-0.2, 0) is 19.6 Å². The third-order valence-electron chi connectivity index (χ3n) is 11.4. The molecule has 62 heavy (non-hydrogen) atoms. The van der Waals surface area contributed by atoms with Crippen LogP contribution in [0.1, 0.15) is 55.5 Å². The number of piperidine rings is 2. The zero-order chi connectivity index (χ0) is 42.4. The van der Waals surface area contributed by atoms with Crippen LogP contribution < -0.4 is 39.4 Å². The standard InChI is InChI=1S/C24H24N6O3S.C18H20N6O.CH4.Na.H2O.6H2/c1-17-10-13-29(22(31)9-12-25)16-21(17)28(3)23-19-11-14-30(24(19)27-15-20(23)26-2)34(32,33)18-7-5-4-6-8-18;1-12-6-9-24(16(25)4-7-19)11-15(12)23(3)17-13-5-8-21-18(13)22-10-14(17)20-2;;;;;;;;;/h4-8,11,14-15,17,21H,9-10,13,16H2,1,3H3;5,8,10,12,15H,4,6,9,11H2,1,3H3,(H,21,22);1H4;;1H2;6*1H/q;;;+1;;;;;;;/p-1/t17-,21?;12-,15?;;;;;;;;;/m11........./s1. The van der Waals surface area contributed by atoms with Crippen LogP contribution in [0.5, 0.6) is 0 Å². The molecule has 1 aromatic carbocycles. The molecule has 330 valence electrons. The molecule has 7 rings (SSSR count). The zero-order valence-electron chi connectivity index (χ0n) is 34.7. The minimum atomic E-state index is -3.87. The number of nitriles is 2. The Morgan fingerprint density at radius 2 is 1.35 bits per heavy atom. The van der Waals surface area contributed by atoms with E-state index in [0.29, 0.717) is 54.5 Å². The summed E-state index contributed by atoms with van der Waals surface area (Å²) in [6.07, 6.45) is 7.63. The van der Waals surface area contributed by atoms with Gasteiger partial charge < -0.3 is 30.1 Å². The number of fused-ring (bicyclic) bond motifs is 2. The molecule has 0 radical (unpaired) electrons. The number of amides is 2. The molecule has 2 unspecified atom stereocenters. The number of carbonyl (C=O) groups is 2. The number of anilines is 2.